The van der Waals surface area contributed by atoms with Gasteiger partial charge < -0.3 is 0 Å². The van der Waals surface area contributed by atoms with E-state index in [1.54, 1.807) is 18.2 Å². The van der Waals surface area contributed by atoms with E-state index < -0.39 is 0 Å². The van der Waals surface area contributed by atoms with Gasteiger partial charge in [0.05, 0.1) is 11.8 Å². The van der Waals surface area contributed by atoms with Gasteiger partial charge in [-0.25, -0.2) is 4.98 Å². The van der Waals surface area contributed by atoms with E-state index in [0.29, 0.717) is 10.8 Å². The number of rotatable bonds is 1. The second kappa shape index (κ2) is 3.88. The number of hydrogen-bond donors (Lipinski definition) is 0. The van der Waals surface area contributed by atoms with Gasteiger partial charge in [0.25, 0.3) is 0 Å². The lowest BCUT2D eigenvalue weighted by Gasteiger charge is -1.98. The van der Waals surface area contributed by atoms with Crippen LogP contribution in [0.25, 0.3) is 0 Å². The molecule has 0 aliphatic rings. The Morgan fingerprint density at radius 3 is 2.91 bits per heavy atom. The van der Waals surface area contributed by atoms with Crippen molar-refractivity contribution in [3.05, 3.63) is 29.0 Å². The van der Waals surface area contributed by atoms with Gasteiger partial charge in [0.1, 0.15) is 9.08 Å². The quantitative estimate of drug-likeness (QED) is 0.450. The average Bonchev–Trinajstić information content (AvgIpc) is 2.03. The molecule has 0 fully saturated rings. The molecule has 56 valence electrons. The molecule has 11 heavy (non-hydrogen) atoms. The lowest BCUT2D eigenvalue weighted by molar-refractivity contribution is 1.12. The Kier molecular flexibility index (Phi) is 3.09. The summed E-state index contributed by atoms with van der Waals surface area (Å²) in [6.45, 7) is 0. The first-order valence-electron chi connectivity index (χ1n) is 2.90. The van der Waals surface area contributed by atoms with Gasteiger partial charge in [-0.1, -0.05) is 40.3 Å². The molecule has 0 saturated carbocycles. The van der Waals surface area contributed by atoms with Crippen LogP contribution in [-0.2, 0) is 0 Å². The second-order valence-electron chi connectivity index (χ2n) is 1.88. The fourth-order valence-electron chi connectivity index (χ4n) is 0.631. The summed E-state index contributed by atoms with van der Waals surface area (Å²) in [7, 11) is 0. The smallest absolute Gasteiger partial charge is 0.140 e. The third-order valence-corrected chi connectivity index (χ3v) is 2.24. The van der Waals surface area contributed by atoms with E-state index in [1.807, 2.05) is 22.6 Å². The van der Waals surface area contributed by atoms with Crippen molar-refractivity contribution >= 4 is 34.2 Å². The number of alkyl halides is 1. The molecule has 0 N–H and O–H groups in total. The van der Waals surface area contributed by atoms with Crippen LogP contribution in [0.3, 0.4) is 0 Å². The predicted octanol–water partition coefficient (Wildman–Crippen LogP) is 2.73. The Balaban J connectivity index is 2.98. The molecule has 1 aromatic heterocycles. The zero-order valence-electron chi connectivity index (χ0n) is 5.46. The highest BCUT2D eigenvalue weighted by Gasteiger charge is 2.05. The van der Waals surface area contributed by atoms with Crippen LogP contribution >= 0.6 is 34.2 Å². The van der Waals surface area contributed by atoms with Crippen LogP contribution in [0.2, 0.25) is 5.15 Å². The predicted molar refractivity (Wildman–Crippen MR) is 51.6 cm³/mol. The van der Waals surface area contributed by atoms with Gasteiger partial charge >= 0.3 is 0 Å². The van der Waals surface area contributed by atoms with Crippen molar-refractivity contribution in [1.82, 2.24) is 4.98 Å². The minimum Gasteiger partial charge on any atom is -0.239 e. The molecule has 0 spiro atoms. The molecule has 0 amide bonds. The number of aromatic nitrogens is 1. The van der Waals surface area contributed by atoms with Gasteiger partial charge in [0, 0.05) is 0 Å². The van der Waals surface area contributed by atoms with Gasteiger partial charge in [-0.3, -0.25) is 0 Å². The normalized spacial score (nSPS) is 12.1. The third-order valence-electron chi connectivity index (χ3n) is 1.11. The molecule has 0 saturated heterocycles. The maximum atomic E-state index is 8.54. The largest absolute Gasteiger partial charge is 0.239 e. The van der Waals surface area contributed by atoms with Crippen molar-refractivity contribution in [3.8, 4) is 6.07 Å². The van der Waals surface area contributed by atoms with Crippen molar-refractivity contribution in [3.63, 3.8) is 0 Å². The molecule has 0 aliphatic heterocycles. The third kappa shape index (κ3) is 2.31. The summed E-state index contributed by atoms with van der Waals surface area (Å²) in [5, 5.41) is 8.97. The first-order valence-corrected chi connectivity index (χ1v) is 4.52. The van der Waals surface area contributed by atoms with Crippen LogP contribution < -0.4 is 0 Å². The summed E-state index contributed by atoms with van der Waals surface area (Å²) >= 11 is 7.63. The molecule has 1 unspecified atom stereocenters. The molecule has 2 nitrogen and oxygen atoms in total. The zero-order valence-corrected chi connectivity index (χ0v) is 8.37. The highest BCUT2D eigenvalue weighted by molar-refractivity contribution is 14.1. The van der Waals surface area contributed by atoms with Gasteiger partial charge in [-0.05, 0) is 12.1 Å². The first-order chi connectivity index (χ1) is 5.24. The summed E-state index contributed by atoms with van der Waals surface area (Å²) in [6.07, 6.45) is 0. The molecule has 1 heterocycles. The van der Waals surface area contributed by atoms with Crippen molar-refractivity contribution in [2.45, 2.75) is 3.92 Å². The van der Waals surface area contributed by atoms with Gasteiger partial charge in [-0.15, -0.1) is 0 Å². The zero-order chi connectivity index (χ0) is 8.27. The highest BCUT2D eigenvalue weighted by atomic mass is 127. The molecule has 1 aromatic rings. The van der Waals surface area contributed by atoms with E-state index in [4.69, 9.17) is 16.9 Å². The summed E-state index contributed by atoms with van der Waals surface area (Å²) in [4.78, 5) is 3.98. The maximum Gasteiger partial charge on any atom is 0.140 e. The molecular weight excluding hydrogens is 274 g/mol. The van der Waals surface area contributed by atoms with Gasteiger partial charge in [0.2, 0.25) is 0 Å². The average molecular weight is 278 g/mol. The summed E-state index contributed by atoms with van der Waals surface area (Å²) in [5.41, 5.74) is 0.709. The molecule has 1 atom stereocenters. The standard InChI is InChI=1S/C7H4ClIN2/c8-7-3-1-2-6(11-7)5(9)4-10/h1-3,5H. The van der Waals surface area contributed by atoms with Crippen LogP contribution in [0.15, 0.2) is 18.2 Å². The monoisotopic (exact) mass is 278 g/mol. The van der Waals surface area contributed by atoms with E-state index in [2.05, 4.69) is 11.1 Å². The Morgan fingerprint density at radius 1 is 1.64 bits per heavy atom. The molecule has 4 heteroatoms. The Hall–Kier alpha value is -0.340. The number of pyridine rings is 1. The van der Waals surface area contributed by atoms with Crippen LogP contribution in [-0.4, -0.2) is 4.98 Å². The van der Waals surface area contributed by atoms with Gasteiger partial charge in [0.15, 0.2) is 0 Å². The van der Waals surface area contributed by atoms with Crippen molar-refractivity contribution in [1.29, 1.82) is 5.26 Å². The fourth-order valence-corrected chi connectivity index (χ4v) is 1.15. The summed E-state index contributed by atoms with van der Waals surface area (Å²) < 4.78 is -0.216. The molecule has 0 bridgehead atoms. The highest BCUT2D eigenvalue weighted by Crippen LogP contribution is 2.20. The van der Waals surface area contributed by atoms with Crippen LogP contribution in [0.1, 0.15) is 9.62 Å². The lowest BCUT2D eigenvalue weighted by atomic mass is 10.3. The van der Waals surface area contributed by atoms with E-state index >= 15 is 0 Å². The molecule has 0 radical (unpaired) electrons. The van der Waals surface area contributed by atoms with Crippen molar-refractivity contribution < 1.29 is 0 Å². The van der Waals surface area contributed by atoms with E-state index in [0.717, 1.165) is 0 Å². The number of nitrogens with zero attached hydrogens (tertiary/aromatic N) is 2. The minimum absolute atomic E-state index is 0.216. The summed E-state index contributed by atoms with van der Waals surface area (Å²) in [5.74, 6) is 0. The molecule has 1 rings (SSSR count). The van der Waals surface area contributed by atoms with E-state index in [-0.39, 0.29) is 3.92 Å². The topological polar surface area (TPSA) is 36.7 Å². The van der Waals surface area contributed by atoms with E-state index in [1.165, 1.54) is 0 Å². The number of hydrogen-bond acceptors (Lipinski definition) is 2. The SMILES string of the molecule is N#CC(I)c1cccc(Cl)n1. The Labute approximate surface area is 83.3 Å². The second-order valence-corrected chi connectivity index (χ2v) is 3.51. The molecule has 0 aromatic carbocycles. The van der Waals surface area contributed by atoms with Gasteiger partial charge in [-0.2, -0.15) is 5.26 Å². The Morgan fingerprint density at radius 2 is 2.36 bits per heavy atom. The first kappa shape index (κ1) is 8.75. The minimum atomic E-state index is -0.216. The summed E-state index contributed by atoms with van der Waals surface area (Å²) in [6, 6.07) is 7.33. The van der Waals surface area contributed by atoms with Crippen LogP contribution in [0.4, 0.5) is 0 Å². The number of halogens is 2. The fraction of sp³-hybridized carbons (Fsp3) is 0.143. The maximum absolute atomic E-state index is 8.54. The van der Waals surface area contributed by atoms with Crippen molar-refractivity contribution in [2.24, 2.45) is 0 Å². The van der Waals surface area contributed by atoms with Crippen LogP contribution in [0, 0.1) is 11.3 Å². The number of nitriles is 1. The molecular formula is C7H4ClIN2. The van der Waals surface area contributed by atoms with E-state index in [9.17, 15) is 0 Å². The molecule has 0 aliphatic carbocycles. The van der Waals surface area contributed by atoms with Crippen LogP contribution in [0.5, 0.6) is 0 Å². The van der Waals surface area contributed by atoms with Crippen molar-refractivity contribution in [2.75, 3.05) is 0 Å². The Bertz CT molecular complexity index is 295. The lowest BCUT2D eigenvalue weighted by Crippen LogP contribution is -1.89.